The maximum Gasteiger partial charge on any atom is 0.244 e. The van der Waals surface area contributed by atoms with Gasteiger partial charge in [0.25, 0.3) is 0 Å². The minimum absolute atomic E-state index is 0.0448. The van der Waals surface area contributed by atoms with Crippen LogP contribution in [0.5, 0.6) is 0 Å². The lowest BCUT2D eigenvalue weighted by Crippen LogP contribution is -2.51. The second kappa shape index (κ2) is 8.04. The Kier molecular flexibility index (Phi) is 6.31. The van der Waals surface area contributed by atoms with Crippen molar-refractivity contribution in [3.63, 3.8) is 0 Å². The Morgan fingerprint density at radius 3 is 2.67 bits per heavy atom. The number of hydrogen-bond donors (Lipinski definition) is 3. The van der Waals surface area contributed by atoms with E-state index in [1.165, 1.54) is 19.1 Å². The molecule has 134 valence electrons. The van der Waals surface area contributed by atoms with Gasteiger partial charge in [-0.2, -0.15) is 4.72 Å². The second-order valence-electron chi connectivity index (χ2n) is 6.17. The maximum absolute atomic E-state index is 13.7. The van der Waals surface area contributed by atoms with Gasteiger partial charge in [-0.1, -0.05) is 25.0 Å². The largest absolute Gasteiger partial charge is 0.352 e. The fourth-order valence-corrected chi connectivity index (χ4v) is 4.28. The van der Waals surface area contributed by atoms with Crippen molar-refractivity contribution in [1.29, 1.82) is 0 Å². The molecule has 1 fully saturated rings. The monoisotopic (exact) mass is 357 g/mol. The molecule has 3 unspecified atom stereocenters. The lowest BCUT2D eigenvalue weighted by atomic mass is 9.84. The van der Waals surface area contributed by atoms with Gasteiger partial charge in [0.1, 0.15) is 10.7 Å². The molecular weight excluding hydrogens is 333 g/mol. The number of nitrogens with one attached hydrogen (secondary N) is 2. The van der Waals surface area contributed by atoms with Crippen molar-refractivity contribution in [1.82, 2.24) is 10.0 Å². The zero-order valence-electron chi connectivity index (χ0n) is 13.7. The van der Waals surface area contributed by atoms with Crippen molar-refractivity contribution in [3.8, 4) is 0 Å². The van der Waals surface area contributed by atoms with Crippen LogP contribution in [0.3, 0.4) is 0 Å². The average Bonchev–Trinajstić information content (AvgIpc) is 2.55. The molecule has 8 heteroatoms. The number of benzene rings is 1. The van der Waals surface area contributed by atoms with Crippen LogP contribution in [-0.2, 0) is 14.8 Å². The average molecular weight is 357 g/mol. The van der Waals surface area contributed by atoms with E-state index in [9.17, 15) is 17.6 Å². The second-order valence-corrected chi connectivity index (χ2v) is 7.85. The van der Waals surface area contributed by atoms with Crippen molar-refractivity contribution >= 4 is 15.9 Å². The molecular formula is C16H24FN3O3S. The number of rotatable bonds is 6. The zero-order chi connectivity index (χ0) is 17.7. The third kappa shape index (κ3) is 4.52. The molecule has 2 rings (SSSR count). The summed E-state index contributed by atoms with van der Waals surface area (Å²) >= 11 is 0. The number of nitrogens with two attached hydrogens (primary N) is 1. The Labute approximate surface area is 142 Å². The molecule has 1 aliphatic carbocycles. The van der Waals surface area contributed by atoms with Crippen LogP contribution >= 0.6 is 0 Å². The van der Waals surface area contributed by atoms with E-state index >= 15 is 0 Å². The third-order valence-corrected chi connectivity index (χ3v) is 5.96. The minimum atomic E-state index is -4.11. The Morgan fingerprint density at radius 2 is 2.00 bits per heavy atom. The number of amides is 1. The Balaban J connectivity index is 2.02. The van der Waals surface area contributed by atoms with Gasteiger partial charge in [-0.05, 0) is 44.4 Å². The van der Waals surface area contributed by atoms with E-state index in [-0.39, 0.29) is 12.0 Å². The molecule has 4 N–H and O–H groups in total. The Hall–Kier alpha value is -1.51. The van der Waals surface area contributed by atoms with Crippen molar-refractivity contribution < 1.29 is 17.6 Å². The SMILES string of the molecule is CC(NS(=O)(=O)c1ccccc1F)C(=O)NC1CCCCC1CN. The highest BCUT2D eigenvalue weighted by Gasteiger charge is 2.29. The molecule has 0 radical (unpaired) electrons. The van der Waals surface area contributed by atoms with Gasteiger partial charge in [0, 0.05) is 6.04 Å². The first-order valence-electron chi connectivity index (χ1n) is 8.12. The predicted octanol–water partition coefficient (Wildman–Crippen LogP) is 1.13. The number of carbonyl (C=O) groups is 1. The molecule has 1 aliphatic rings. The molecule has 0 aliphatic heterocycles. The smallest absolute Gasteiger partial charge is 0.244 e. The third-order valence-electron chi connectivity index (χ3n) is 4.39. The van der Waals surface area contributed by atoms with E-state index in [4.69, 9.17) is 5.73 Å². The number of sulfonamides is 1. The Morgan fingerprint density at radius 1 is 1.33 bits per heavy atom. The molecule has 3 atom stereocenters. The van der Waals surface area contributed by atoms with Crippen molar-refractivity contribution in [3.05, 3.63) is 30.1 Å². The van der Waals surface area contributed by atoms with Gasteiger partial charge in [-0.25, -0.2) is 12.8 Å². The summed E-state index contributed by atoms with van der Waals surface area (Å²) < 4.78 is 40.4. The molecule has 1 saturated carbocycles. The molecule has 1 amide bonds. The van der Waals surface area contributed by atoms with E-state index in [0.717, 1.165) is 37.8 Å². The number of carbonyl (C=O) groups excluding carboxylic acids is 1. The first kappa shape index (κ1) is 18.8. The van der Waals surface area contributed by atoms with Crippen molar-refractivity contribution in [2.24, 2.45) is 11.7 Å². The number of halogens is 1. The minimum Gasteiger partial charge on any atom is -0.352 e. The zero-order valence-corrected chi connectivity index (χ0v) is 14.5. The highest BCUT2D eigenvalue weighted by molar-refractivity contribution is 7.89. The fourth-order valence-electron chi connectivity index (χ4n) is 3.00. The van der Waals surface area contributed by atoms with Gasteiger partial charge in [-0.3, -0.25) is 4.79 Å². The summed E-state index contributed by atoms with van der Waals surface area (Å²) in [5.74, 6) is -1.08. The van der Waals surface area contributed by atoms with Crippen LogP contribution in [0.4, 0.5) is 4.39 Å². The maximum atomic E-state index is 13.7. The van der Waals surface area contributed by atoms with Crippen molar-refractivity contribution in [2.45, 2.75) is 49.6 Å². The summed E-state index contributed by atoms with van der Waals surface area (Å²) in [5, 5.41) is 2.87. The molecule has 1 aromatic carbocycles. The van der Waals surface area contributed by atoms with Gasteiger partial charge < -0.3 is 11.1 Å². The summed E-state index contributed by atoms with van der Waals surface area (Å²) in [6, 6.07) is 4.00. The van der Waals surface area contributed by atoms with Crippen LogP contribution in [0, 0.1) is 11.7 Å². The summed E-state index contributed by atoms with van der Waals surface area (Å²) in [7, 11) is -4.11. The van der Waals surface area contributed by atoms with Crippen LogP contribution in [0.2, 0.25) is 0 Å². The van der Waals surface area contributed by atoms with Gasteiger partial charge >= 0.3 is 0 Å². The highest BCUT2D eigenvalue weighted by Crippen LogP contribution is 2.23. The van der Waals surface area contributed by atoms with Gasteiger partial charge in [-0.15, -0.1) is 0 Å². The first-order chi connectivity index (χ1) is 11.3. The molecule has 1 aromatic rings. The van der Waals surface area contributed by atoms with E-state index in [0.29, 0.717) is 6.54 Å². The van der Waals surface area contributed by atoms with E-state index in [1.807, 2.05) is 0 Å². The summed E-state index contributed by atoms with van der Waals surface area (Å²) in [5.41, 5.74) is 5.74. The molecule has 0 heterocycles. The topological polar surface area (TPSA) is 101 Å². The molecule has 0 bridgehead atoms. The quantitative estimate of drug-likeness (QED) is 0.710. The normalized spacial score (nSPS) is 22.8. The predicted molar refractivity (Wildman–Crippen MR) is 89.1 cm³/mol. The van der Waals surface area contributed by atoms with Crippen LogP contribution in [-0.4, -0.2) is 33.0 Å². The molecule has 24 heavy (non-hydrogen) atoms. The summed E-state index contributed by atoms with van der Waals surface area (Å²) in [6.45, 7) is 1.92. The van der Waals surface area contributed by atoms with Gasteiger partial charge in [0.2, 0.25) is 15.9 Å². The lowest BCUT2D eigenvalue weighted by Gasteiger charge is -2.32. The molecule has 0 aromatic heterocycles. The van der Waals surface area contributed by atoms with E-state index < -0.39 is 32.7 Å². The van der Waals surface area contributed by atoms with Crippen molar-refractivity contribution in [2.75, 3.05) is 6.54 Å². The molecule has 0 spiro atoms. The first-order valence-corrected chi connectivity index (χ1v) is 9.60. The molecule has 6 nitrogen and oxygen atoms in total. The fraction of sp³-hybridized carbons (Fsp3) is 0.562. The summed E-state index contributed by atoms with van der Waals surface area (Å²) in [4.78, 5) is 11.8. The highest BCUT2D eigenvalue weighted by atomic mass is 32.2. The van der Waals surface area contributed by atoms with E-state index in [1.54, 1.807) is 0 Å². The standard InChI is InChI=1S/C16H24FN3O3S/c1-11(16(21)19-14-8-4-2-6-12(14)10-18)20-24(22,23)15-9-5-3-7-13(15)17/h3,5,7,9,11-12,14,20H,2,4,6,8,10,18H2,1H3,(H,19,21). The van der Waals surface area contributed by atoms with Crippen LogP contribution in [0.25, 0.3) is 0 Å². The van der Waals surface area contributed by atoms with Crippen LogP contribution < -0.4 is 15.8 Å². The summed E-state index contributed by atoms with van der Waals surface area (Å²) in [6.07, 6.45) is 3.89. The lowest BCUT2D eigenvalue weighted by molar-refractivity contribution is -0.123. The van der Waals surface area contributed by atoms with E-state index in [2.05, 4.69) is 10.0 Å². The Bertz CT molecular complexity index is 681. The van der Waals surface area contributed by atoms with Gasteiger partial charge in [0.15, 0.2) is 0 Å². The molecule has 0 saturated heterocycles. The van der Waals surface area contributed by atoms with Crippen LogP contribution in [0.15, 0.2) is 29.2 Å². The number of hydrogen-bond acceptors (Lipinski definition) is 4. The van der Waals surface area contributed by atoms with Gasteiger partial charge in [0.05, 0.1) is 6.04 Å². The van der Waals surface area contributed by atoms with Crippen LogP contribution in [0.1, 0.15) is 32.6 Å².